The van der Waals surface area contributed by atoms with Crippen LogP contribution in [0.5, 0.6) is 0 Å². The summed E-state index contributed by atoms with van der Waals surface area (Å²) in [5.41, 5.74) is 4.14. The van der Waals surface area contributed by atoms with Crippen molar-refractivity contribution in [1.82, 2.24) is 9.80 Å². The topological polar surface area (TPSA) is 55.9 Å². The van der Waals surface area contributed by atoms with Gasteiger partial charge in [-0.1, -0.05) is 29.8 Å². The van der Waals surface area contributed by atoms with E-state index in [0.29, 0.717) is 6.54 Å². The number of hydrogen-bond acceptors (Lipinski definition) is 4. The number of aryl methyl sites for hydroxylation is 1. The van der Waals surface area contributed by atoms with Gasteiger partial charge in [0.15, 0.2) is 0 Å². The standard InChI is InChI=1S/C22H30N4O2/c1-17-6-10-19(11-7-17)23-21(27)15-26(5)22(28)16-25(4)14-18-8-12-20(13-9-18)24(2)3/h6-13H,14-16H2,1-5H3,(H,23,27). The molecule has 0 atom stereocenters. The Balaban J connectivity index is 1.80. The molecule has 2 aromatic carbocycles. The van der Waals surface area contributed by atoms with Gasteiger partial charge in [-0.25, -0.2) is 0 Å². The lowest BCUT2D eigenvalue weighted by molar-refractivity contribution is -0.134. The Hall–Kier alpha value is -2.86. The van der Waals surface area contributed by atoms with Crippen LogP contribution in [0.3, 0.4) is 0 Å². The monoisotopic (exact) mass is 382 g/mol. The lowest BCUT2D eigenvalue weighted by Gasteiger charge is -2.22. The van der Waals surface area contributed by atoms with E-state index in [2.05, 4.69) is 29.6 Å². The third-order valence-corrected chi connectivity index (χ3v) is 4.45. The number of hydrogen-bond donors (Lipinski definition) is 1. The second-order valence-electron chi connectivity index (χ2n) is 7.40. The fourth-order valence-electron chi connectivity index (χ4n) is 2.76. The third-order valence-electron chi connectivity index (χ3n) is 4.45. The van der Waals surface area contributed by atoms with E-state index in [1.807, 2.05) is 62.1 Å². The average molecular weight is 383 g/mol. The van der Waals surface area contributed by atoms with Crippen molar-refractivity contribution in [2.24, 2.45) is 0 Å². The Morgan fingerprint density at radius 2 is 1.46 bits per heavy atom. The predicted octanol–water partition coefficient (Wildman–Crippen LogP) is 2.59. The number of anilines is 2. The summed E-state index contributed by atoms with van der Waals surface area (Å²) in [7, 11) is 7.56. The molecule has 6 heteroatoms. The molecule has 0 unspecified atom stereocenters. The van der Waals surface area contributed by atoms with Crippen molar-refractivity contribution >= 4 is 23.2 Å². The smallest absolute Gasteiger partial charge is 0.243 e. The normalized spacial score (nSPS) is 10.6. The molecule has 0 bridgehead atoms. The first-order chi connectivity index (χ1) is 13.2. The van der Waals surface area contributed by atoms with E-state index >= 15 is 0 Å². The molecular formula is C22H30N4O2. The number of likely N-dealkylation sites (N-methyl/N-ethyl adjacent to an activating group) is 2. The van der Waals surface area contributed by atoms with Crippen molar-refractivity contribution in [2.75, 3.05) is 51.5 Å². The molecule has 0 aromatic heterocycles. The highest BCUT2D eigenvalue weighted by Crippen LogP contribution is 2.13. The van der Waals surface area contributed by atoms with Crippen LogP contribution in [-0.4, -0.2) is 62.9 Å². The molecule has 150 valence electrons. The van der Waals surface area contributed by atoms with Crippen LogP contribution in [0.4, 0.5) is 11.4 Å². The van der Waals surface area contributed by atoms with Gasteiger partial charge in [0, 0.05) is 39.1 Å². The second kappa shape index (κ2) is 9.90. The maximum atomic E-state index is 12.4. The SMILES string of the molecule is Cc1ccc(NC(=O)CN(C)C(=O)CN(C)Cc2ccc(N(C)C)cc2)cc1. The quantitative estimate of drug-likeness (QED) is 0.762. The van der Waals surface area contributed by atoms with E-state index < -0.39 is 0 Å². The van der Waals surface area contributed by atoms with Crippen LogP contribution in [0.15, 0.2) is 48.5 Å². The molecule has 0 radical (unpaired) electrons. The zero-order valence-electron chi connectivity index (χ0n) is 17.4. The van der Waals surface area contributed by atoms with Crippen LogP contribution in [0.1, 0.15) is 11.1 Å². The zero-order chi connectivity index (χ0) is 20.7. The molecule has 0 aliphatic carbocycles. The number of nitrogens with zero attached hydrogens (tertiary/aromatic N) is 3. The average Bonchev–Trinajstić information content (AvgIpc) is 2.63. The molecule has 0 fully saturated rings. The molecule has 28 heavy (non-hydrogen) atoms. The minimum atomic E-state index is -0.207. The highest BCUT2D eigenvalue weighted by Gasteiger charge is 2.15. The van der Waals surface area contributed by atoms with Crippen LogP contribution >= 0.6 is 0 Å². The van der Waals surface area contributed by atoms with Gasteiger partial charge in [0.25, 0.3) is 0 Å². The lowest BCUT2D eigenvalue weighted by atomic mass is 10.2. The molecule has 0 saturated heterocycles. The van der Waals surface area contributed by atoms with Crippen LogP contribution in [0.2, 0.25) is 0 Å². The van der Waals surface area contributed by atoms with Gasteiger partial charge in [-0.2, -0.15) is 0 Å². The summed E-state index contributed by atoms with van der Waals surface area (Å²) in [5, 5.41) is 2.81. The second-order valence-corrected chi connectivity index (χ2v) is 7.40. The summed E-state index contributed by atoms with van der Waals surface area (Å²) in [6.45, 7) is 2.94. The highest BCUT2D eigenvalue weighted by atomic mass is 16.2. The molecule has 1 N–H and O–H groups in total. The first-order valence-electron chi connectivity index (χ1n) is 9.30. The Kier molecular flexibility index (Phi) is 7.58. The van der Waals surface area contributed by atoms with E-state index in [4.69, 9.17) is 0 Å². The van der Waals surface area contributed by atoms with E-state index in [1.54, 1.807) is 7.05 Å². The number of carbonyl (C=O) groups is 2. The Bertz CT molecular complexity index is 785. The number of rotatable bonds is 8. The Labute approximate surface area is 167 Å². The van der Waals surface area contributed by atoms with Gasteiger partial charge in [-0.15, -0.1) is 0 Å². The fraction of sp³-hybridized carbons (Fsp3) is 0.364. The molecule has 2 amide bonds. The van der Waals surface area contributed by atoms with Gasteiger partial charge in [0.2, 0.25) is 11.8 Å². The summed E-state index contributed by atoms with van der Waals surface area (Å²) in [6.07, 6.45) is 0. The van der Waals surface area contributed by atoms with Crippen LogP contribution in [0, 0.1) is 6.92 Å². The number of amides is 2. The van der Waals surface area contributed by atoms with Crippen molar-refractivity contribution in [1.29, 1.82) is 0 Å². The fourth-order valence-corrected chi connectivity index (χ4v) is 2.76. The van der Waals surface area contributed by atoms with Crippen molar-refractivity contribution in [3.05, 3.63) is 59.7 Å². The number of carbonyl (C=O) groups excluding carboxylic acids is 2. The Morgan fingerprint density at radius 3 is 2.04 bits per heavy atom. The third kappa shape index (κ3) is 6.70. The molecule has 0 spiro atoms. The summed E-state index contributed by atoms with van der Waals surface area (Å²) in [6, 6.07) is 15.8. The molecule has 2 aromatic rings. The van der Waals surface area contributed by atoms with E-state index in [-0.39, 0.29) is 24.9 Å². The minimum absolute atomic E-state index is 0.0259. The summed E-state index contributed by atoms with van der Waals surface area (Å²) in [5.74, 6) is -0.298. The van der Waals surface area contributed by atoms with Gasteiger partial charge in [-0.3, -0.25) is 14.5 Å². The zero-order valence-corrected chi connectivity index (χ0v) is 17.4. The minimum Gasteiger partial charge on any atom is -0.378 e. The molecule has 0 aliphatic rings. The molecule has 0 aliphatic heterocycles. The summed E-state index contributed by atoms with van der Waals surface area (Å²) in [4.78, 5) is 30.0. The molecular weight excluding hydrogens is 352 g/mol. The van der Waals surface area contributed by atoms with E-state index in [9.17, 15) is 9.59 Å². The van der Waals surface area contributed by atoms with E-state index in [1.165, 1.54) is 4.90 Å². The van der Waals surface area contributed by atoms with E-state index in [0.717, 1.165) is 22.5 Å². The van der Waals surface area contributed by atoms with Crippen molar-refractivity contribution in [3.63, 3.8) is 0 Å². The van der Waals surface area contributed by atoms with Crippen LogP contribution in [-0.2, 0) is 16.1 Å². The summed E-state index contributed by atoms with van der Waals surface area (Å²) >= 11 is 0. The Morgan fingerprint density at radius 1 is 0.857 bits per heavy atom. The van der Waals surface area contributed by atoms with Crippen molar-refractivity contribution in [3.8, 4) is 0 Å². The van der Waals surface area contributed by atoms with Crippen molar-refractivity contribution in [2.45, 2.75) is 13.5 Å². The highest BCUT2D eigenvalue weighted by molar-refractivity contribution is 5.94. The first-order valence-corrected chi connectivity index (χ1v) is 9.30. The van der Waals surface area contributed by atoms with Gasteiger partial charge < -0.3 is 15.1 Å². The number of nitrogens with one attached hydrogen (secondary N) is 1. The lowest BCUT2D eigenvalue weighted by Crippen LogP contribution is -2.40. The van der Waals surface area contributed by atoms with Crippen molar-refractivity contribution < 1.29 is 9.59 Å². The molecule has 0 saturated carbocycles. The maximum absolute atomic E-state index is 12.4. The predicted molar refractivity (Wildman–Crippen MR) is 115 cm³/mol. The van der Waals surface area contributed by atoms with Gasteiger partial charge in [0.1, 0.15) is 0 Å². The first kappa shape index (κ1) is 21.4. The summed E-state index contributed by atoms with van der Waals surface area (Å²) < 4.78 is 0. The maximum Gasteiger partial charge on any atom is 0.243 e. The largest absolute Gasteiger partial charge is 0.378 e. The molecule has 6 nitrogen and oxygen atoms in total. The number of benzene rings is 2. The van der Waals surface area contributed by atoms with Gasteiger partial charge in [-0.05, 0) is 43.8 Å². The van der Waals surface area contributed by atoms with Crippen LogP contribution in [0.25, 0.3) is 0 Å². The van der Waals surface area contributed by atoms with Gasteiger partial charge >= 0.3 is 0 Å². The van der Waals surface area contributed by atoms with Gasteiger partial charge in [0.05, 0.1) is 13.1 Å². The molecule has 0 heterocycles. The van der Waals surface area contributed by atoms with Crippen LogP contribution < -0.4 is 10.2 Å². The molecule has 2 rings (SSSR count).